The summed E-state index contributed by atoms with van der Waals surface area (Å²) in [7, 11) is 0. The normalized spacial score (nSPS) is 14.4. The van der Waals surface area contributed by atoms with Gasteiger partial charge >= 0.3 is 0 Å². The predicted molar refractivity (Wildman–Crippen MR) is 151 cm³/mol. The van der Waals surface area contributed by atoms with E-state index in [1.54, 1.807) is 18.1 Å². The van der Waals surface area contributed by atoms with Gasteiger partial charge in [-0.05, 0) is 23.3 Å². The Morgan fingerprint density at radius 2 is 1.38 bits per heavy atom. The molecule has 0 unspecified atom stereocenters. The lowest BCUT2D eigenvalue weighted by Crippen LogP contribution is -2.48. The number of pyridine rings is 1. The number of fused-ring (bicyclic) bond motifs is 1. The first-order valence-corrected chi connectivity index (χ1v) is 13.3. The van der Waals surface area contributed by atoms with Gasteiger partial charge in [-0.15, -0.1) is 0 Å². The van der Waals surface area contributed by atoms with Gasteiger partial charge < -0.3 is 10.6 Å². The Labute approximate surface area is 221 Å². The van der Waals surface area contributed by atoms with Crippen LogP contribution in [0.5, 0.6) is 0 Å². The summed E-state index contributed by atoms with van der Waals surface area (Å²) in [6.07, 6.45) is 3.44. The summed E-state index contributed by atoms with van der Waals surface area (Å²) in [5.74, 6) is 0.807. The van der Waals surface area contributed by atoms with Gasteiger partial charge in [0.2, 0.25) is 0 Å². The number of rotatable bonds is 6. The van der Waals surface area contributed by atoms with Crippen LogP contribution in [0.1, 0.15) is 17.2 Å². The largest absolute Gasteiger partial charge is 0.394 e. The summed E-state index contributed by atoms with van der Waals surface area (Å²) in [6, 6.07) is 31.9. The van der Waals surface area contributed by atoms with E-state index in [1.165, 1.54) is 11.1 Å². The molecule has 6 nitrogen and oxygen atoms in total. The zero-order valence-electron chi connectivity index (χ0n) is 20.4. The molecular weight excluding hydrogens is 476 g/mol. The number of hydrogen-bond acceptors (Lipinski definition) is 7. The van der Waals surface area contributed by atoms with E-state index < -0.39 is 0 Å². The molecule has 0 bridgehead atoms. The lowest BCUT2D eigenvalue weighted by molar-refractivity contribution is 0.212. The minimum Gasteiger partial charge on any atom is -0.394 e. The quantitative estimate of drug-likeness (QED) is 0.299. The second kappa shape index (κ2) is 10.6. The van der Waals surface area contributed by atoms with Crippen molar-refractivity contribution in [3.05, 3.63) is 115 Å². The highest BCUT2D eigenvalue weighted by Crippen LogP contribution is 2.38. The molecule has 0 spiro atoms. The third kappa shape index (κ3) is 4.88. The van der Waals surface area contributed by atoms with Crippen LogP contribution in [-0.2, 0) is 0 Å². The zero-order chi connectivity index (χ0) is 25.0. The summed E-state index contributed by atoms with van der Waals surface area (Å²) in [4.78, 5) is 19.6. The number of piperazine rings is 1. The Bertz CT molecular complexity index is 1440. The van der Waals surface area contributed by atoms with Gasteiger partial charge in [-0.3, -0.25) is 9.88 Å². The Morgan fingerprint density at radius 3 is 2.08 bits per heavy atom. The summed E-state index contributed by atoms with van der Waals surface area (Å²) >= 11 is 1.55. The maximum Gasteiger partial charge on any atom is 0.156 e. The van der Waals surface area contributed by atoms with Gasteiger partial charge in [-0.2, -0.15) is 0 Å². The number of benzene rings is 3. The minimum absolute atomic E-state index is 0.220. The van der Waals surface area contributed by atoms with E-state index in [1.807, 2.05) is 18.3 Å². The average molecular weight is 505 g/mol. The molecule has 2 N–H and O–H groups in total. The molecule has 1 fully saturated rings. The van der Waals surface area contributed by atoms with E-state index in [9.17, 15) is 0 Å². The molecule has 0 aliphatic carbocycles. The van der Waals surface area contributed by atoms with E-state index in [4.69, 9.17) is 5.73 Å². The van der Waals surface area contributed by atoms with E-state index in [0.29, 0.717) is 5.69 Å². The van der Waals surface area contributed by atoms with Gasteiger partial charge in [0.1, 0.15) is 17.0 Å². The SMILES string of the molecule is Nc1c(Sc2cccc3cccnc23)ncnc1N1CCN(C(c2ccccc2)c2ccccc2)CC1. The molecule has 0 saturated carbocycles. The molecule has 37 heavy (non-hydrogen) atoms. The molecule has 1 aliphatic heterocycles. The van der Waals surface area contributed by atoms with Gasteiger partial charge in [0.15, 0.2) is 5.82 Å². The highest BCUT2D eigenvalue weighted by Gasteiger charge is 2.28. The van der Waals surface area contributed by atoms with Crippen molar-refractivity contribution in [1.29, 1.82) is 0 Å². The van der Waals surface area contributed by atoms with Crippen molar-refractivity contribution < 1.29 is 0 Å². The molecule has 184 valence electrons. The van der Waals surface area contributed by atoms with Crippen molar-refractivity contribution in [2.45, 2.75) is 16.0 Å². The van der Waals surface area contributed by atoms with Gasteiger partial charge in [0.05, 0.1) is 11.6 Å². The van der Waals surface area contributed by atoms with Crippen LogP contribution in [-0.4, -0.2) is 46.0 Å². The smallest absolute Gasteiger partial charge is 0.156 e. The van der Waals surface area contributed by atoms with Crippen LogP contribution in [0, 0.1) is 0 Å². The van der Waals surface area contributed by atoms with Crippen molar-refractivity contribution in [1.82, 2.24) is 19.9 Å². The molecule has 6 rings (SSSR count). The molecule has 0 amide bonds. The van der Waals surface area contributed by atoms with Crippen molar-refractivity contribution >= 4 is 34.2 Å². The predicted octanol–water partition coefficient (Wildman–Crippen LogP) is 5.67. The number of aromatic nitrogens is 3. The number of nitrogens with two attached hydrogens (primary N) is 1. The number of nitrogen functional groups attached to an aromatic ring is 1. The molecule has 0 atom stereocenters. The molecular formula is C30H28N6S. The topological polar surface area (TPSA) is 71.2 Å². The van der Waals surface area contributed by atoms with Gasteiger partial charge in [0, 0.05) is 42.7 Å². The number of anilines is 2. The minimum atomic E-state index is 0.220. The first-order chi connectivity index (χ1) is 18.3. The van der Waals surface area contributed by atoms with Crippen LogP contribution < -0.4 is 10.6 Å². The van der Waals surface area contributed by atoms with Gasteiger partial charge in [-0.25, -0.2) is 9.97 Å². The Morgan fingerprint density at radius 1 is 0.703 bits per heavy atom. The summed E-state index contributed by atoms with van der Waals surface area (Å²) in [5, 5.41) is 1.86. The Kier molecular flexibility index (Phi) is 6.71. The monoisotopic (exact) mass is 504 g/mol. The molecule has 3 aromatic carbocycles. The summed E-state index contributed by atoms with van der Waals surface area (Å²) in [5.41, 5.74) is 10.9. The molecule has 3 heterocycles. The fraction of sp³-hybridized carbons (Fsp3) is 0.167. The average Bonchev–Trinajstić information content (AvgIpc) is 2.96. The van der Waals surface area contributed by atoms with Crippen molar-refractivity contribution in [3.63, 3.8) is 0 Å². The fourth-order valence-corrected chi connectivity index (χ4v) is 5.97. The van der Waals surface area contributed by atoms with E-state index >= 15 is 0 Å². The first-order valence-electron chi connectivity index (χ1n) is 12.5. The maximum atomic E-state index is 6.66. The second-order valence-corrected chi connectivity index (χ2v) is 10.1. The molecule has 5 aromatic rings. The first kappa shape index (κ1) is 23.5. The maximum absolute atomic E-state index is 6.66. The fourth-order valence-electron chi connectivity index (χ4n) is 5.04. The van der Waals surface area contributed by atoms with Crippen LogP contribution in [0.15, 0.2) is 113 Å². The lowest BCUT2D eigenvalue weighted by Gasteiger charge is -2.40. The highest BCUT2D eigenvalue weighted by molar-refractivity contribution is 7.99. The number of nitrogens with zero attached hydrogens (tertiary/aromatic N) is 5. The number of para-hydroxylation sites is 1. The highest BCUT2D eigenvalue weighted by atomic mass is 32.2. The van der Waals surface area contributed by atoms with E-state index in [0.717, 1.165) is 52.8 Å². The van der Waals surface area contributed by atoms with Crippen molar-refractivity contribution in [2.24, 2.45) is 0 Å². The summed E-state index contributed by atoms with van der Waals surface area (Å²) in [6.45, 7) is 3.51. The Hall–Kier alpha value is -3.94. The van der Waals surface area contributed by atoms with Gasteiger partial charge in [-0.1, -0.05) is 90.6 Å². The van der Waals surface area contributed by atoms with Crippen molar-refractivity contribution in [3.8, 4) is 0 Å². The molecule has 1 saturated heterocycles. The van der Waals surface area contributed by atoms with Gasteiger partial charge in [0.25, 0.3) is 0 Å². The van der Waals surface area contributed by atoms with Crippen LogP contribution in [0.2, 0.25) is 0 Å². The van der Waals surface area contributed by atoms with Crippen LogP contribution in [0.3, 0.4) is 0 Å². The number of hydrogen-bond donors (Lipinski definition) is 1. The third-order valence-corrected chi connectivity index (χ3v) is 7.91. The van der Waals surface area contributed by atoms with Crippen LogP contribution >= 0.6 is 11.8 Å². The molecule has 0 radical (unpaired) electrons. The summed E-state index contributed by atoms with van der Waals surface area (Å²) < 4.78 is 0. The van der Waals surface area contributed by atoms with Crippen LogP contribution in [0.25, 0.3) is 10.9 Å². The van der Waals surface area contributed by atoms with E-state index in [2.05, 4.69) is 104 Å². The lowest BCUT2D eigenvalue weighted by atomic mass is 9.96. The molecule has 1 aliphatic rings. The third-order valence-electron chi connectivity index (χ3n) is 6.84. The van der Waals surface area contributed by atoms with Crippen molar-refractivity contribution in [2.75, 3.05) is 36.8 Å². The standard InChI is InChI=1S/C30H28N6S/c31-26-29(33-21-34-30(26)37-25-15-7-13-22-14-8-16-32-27(22)25)36-19-17-35(18-20-36)28(23-9-3-1-4-10-23)24-11-5-2-6-12-24/h1-16,21,28H,17-20,31H2. The van der Waals surface area contributed by atoms with E-state index in [-0.39, 0.29) is 6.04 Å². The second-order valence-electron chi connectivity index (χ2n) is 9.10. The zero-order valence-corrected chi connectivity index (χ0v) is 21.3. The molecule has 7 heteroatoms. The molecule has 2 aromatic heterocycles. The van der Waals surface area contributed by atoms with Crippen LogP contribution in [0.4, 0.5) is 11.5 Å². The Balaban J connectivity index is 1.22.